The third-order valence-electron chi connectivity index (χ3n) is 7.76. The van der Waals surface area contributed by atoms with Crippen molar-refractivity contribution >= 4 is 0 Å². The number of benzene rings is 2. The van der Waals surface area contributed by atoms with Gasteiger partial charge in [0, 0.05) is 16.4 Å². The summed E-state index contributed by atoms with van der Waals surface area (Å²) in [5.41, 5.74) is 4.42. The third-order valence-corrected chi connectivity index (χ3v) is 7.76. The van der Waals surface area contributed by atoms with Crippen LogP contribution >= 0.6 is 0 Å². The van der Waals surface area contributed by atoms with Crippen molar-refractivity contribution in [1.82, 2.24) is 0 Å². The van der Waals surface area contributed by atoms with Crippen molar-refractivity contribution in [2.75, 3.05) is 28.4 Å². The maximum absolute atomic E-state index is 5.93. The largest absolute Gasteiger partial charge is 0.493 e. The highest BCUT2D eigenvalue weighted by Crippen LogP contribution is 2.74. The zero-order valence-electron chi connectivity index (χ0n) is 17.1. The van der Waals surface area contributed by atoms with Gasteiger partial charge in [0.1, 0.15) is 0 Å². The van der Waals surface area contributed by atoms with Crippen molar-refractivity contribution < 1.29 is 18.9 Å². The first-order valence-electron chi connectivity index (χ1n) is 10.1. The molecular formula is C24H28O4. The lowest BCUT2D eigenvalue weighted by atomic mass is 9.47. The van der Waals surface area contributed by atoms with Gasteiger partial charge in [-0.25, -0.2) is 0 Å². The molecule has 148 valence electrons. The topological polar surface area (TPSA) is 36.9 Å². The molecule has 2 saturated carbocycles. The zero-order chi connectivity index (χ0) is 19.5. The van der Waals surface area contributed by atoms with Crippen molar-refractivity contribution in [3.63, 3.8) is 0 Å². The predicted molar refractivity (Wildman–Crippen MR) is 108 cm³/mol. The normalized spacial score (nSPS) is 25.9. The highest BCUT2D eigenvalue weighted by atomic mass is 16.5. The fourth-order valence-electron chi connectivity index (χ4n) is 6.39. The van der Waals surface area contributed by atoms with Gasteiger partial charge >= 0.3 is 0 Å². The monoisotopic (exact) mass is 380 g/mol. The van der Waals surface area contributed by atoms with Crippen LogP contribution in [0.2, 0.25) is 0 Å². The second-order valence-electron chi connectivity index (χ2n) is 8.37. The van der Waals surface area contributed by atoms with Crippen LogP contribution in [0.5, 0.6) is 23.0 Å². The molecule has 0 saturated heterocycles. The molecule has 0 aliphatic heterocycles. The van der Waals surface area contributed by atoms with Gasteiger partial charge in [-0.2, -0.15) is 0 Å². The molecule has 0 N–H and O–H groups in total. The smallest absolute Gasteiger partial charge is 0.164 e. The number of methoxy groups -OCH3 is 4. The van der Waals surface area contributed by atoms with E-state index in [2.05, 4.69) is 24.3 Å². The molecule has 0 amide bonds. The standard InChI is InChI=1S/C24H28O4/c1-25-17-8-6-15(14-19(17)27-3)24-13-10-20(24)23(11-5-12-23)21-16(24)7-9-18(26-2)22(21)28-4/h6-9,14,20H,5,10-13H2,1-4H3/t20-,24-/m0/s1. The molecule has 4 nitrogen and oxygen atoms in total. The molecule has 1 spiro atoms. The van der Waals surface area contributed by atoms with Gasteiger partial charge in [0.25, 0.3) is 0 Å². The molecule has 2 atom stereocenters. The van der Waals surface area contributed by atoms with Gasteiger partial charge in [-0.3, -0.25) is 0 Å². The van der Waals surface area contributed by atoms with Crippen LogP contribution in [0.1, 0.15) is 48.8 Å². The summed E-state index contributed by atoms with van der Waals surface area (Å²) in [5, 5.41) is 0. The van der Waals surface area contributed by atoms with Gasteiger partial charge in [-0.05, 0) is 60.9 Å². The van der Waals surface area contributed by atoms with Crippen LogP contribution in [-0.4, -0.2) is 28.4 Å². The highest BCUT2D eigenvalue weighted by Gasteiger charge is 2.67. The highest BCUT2D eigenvalue weighted by molar-refractivity contribution is 5.67. The molecule has 0 bridgehead atoms. The second kappa shape index (κ2) is 6.07. The lowest BCUT2D eigenvalue weighted by Crippen LogP contribution is -2.52. The molecular weight excluding hydrogens is 352 g/mol. The summed E-state index contributed by atoms with van der Waals surface area (Å²) in [4.78, 5) is 0. The first-order chi connectivity index (χ1) is 13.7. The van der Waals surface area contributed by atoms with Crippen LogP contribution in [0.25, 0.3) is 0 Å². The Labute approximate surface area is 166 Å². The summed E-state index contributed by atoms with van der Waals surface area (Å²) in [6.07, 6.45) is 6.19. The van der Waals surface area contributed by atoms with E-state index < -0.39 is 0 Å². The average Bonchev–Trinajstić information content (AvgIpc) is 2.87. The van der Waals surface area contributed by atoms with Crippen molar-refractivity contribution in [2.24, 2.45) is 5.92 Å². The van der Waals surface area contributed by atoms with Gasteiger partial charge in [0.15, 0.2) is 23.0 Å². The minimum atomic E-state index is 0.0366. The Morgan fingerprint density at radius 1 is 0.786 bits per heavy atom. The molecule has 28 heavy (non-hydrogen) atoms. The zero-order valence-corrected chi connectivity index (χ0v) is 17.1. The molecule has 3 aliphatic rings. The molecule has 0 heterocycles. The maximum atomic E-state index is 5.93. The Morgan fingerprint density at radius 3 is 2.04 bits per heavy atom. The fourth-order valence-corrected chi connectivity index (χ4v) is 6.39. The van der Waals surface area contributed by atoms with E-state index in [0.29, 0.717) is 5.92 Å². The predicted octanol–water partition coefficient (Wildman–Crippen LogP) is 4.85. The molecule has 0 radical (unpaired) electrons. The van der Waals surface area contributed by atoms with Crippen molar-refractivity contribution in [2.45, 2.75) is 42.9 Å². The van der Waals surface area contributed by atoms with Crippen molar-refractivity contribution in [3.05, 3.63) is 47.0 Å². The summed E-state index contributed by atoms with van der Waals surface area (Å²) in [7, 11) is 6.90. The molecule has 0 unspecified atom stereocenters. The van der Waals surface area contributed by atoms with E-state index in [4.69, 9.17) is 18.9 Å². The van der Waals surface area contributed by atoms with Crippen LogP contribution in [0.4, 0.5) is 0 Å². The summed E-state index contributed by atoms with van der Waals surface area (Å²) >= 11 is 0. The van der Waals surface area contributed by atoms with Crippen LogP contribution in [0, 0.1) is 5.92 Å². The van der Waals surface area contributed by atoms with E-state index in [0.717, 1.165) is 29.4 Å². The SMILES string of the molecule is COc1ccc([C@]23CC[C@H]2C2(CCC2)c2c3ccc(OC)c2OC)cc1OC. The number of hydrogen-bond donors (Lipinski definition) is 0. The fraction of sp³-hybridized carbons (Fsp3) is 0.500. The Morgan fingerprint density at radius 2 is 1.50 bits per heavy atom. The minimum absolute atomic E-state index is 0.0366. The Kier molecular flexibility index (Phi) is 3.84. The number of rotatable bonds is 5. The first-order valence-corrected chi connectivity index (χ1v) is 10.1. The molecule has 4 heteroatoms. The van der Waals surface area contributed by atoms with Gasteiger partial charge < -0.3 is 18.9 Å². The number of ether oxygens (including phenoxy) is 4. The summed E-state index contributed by atoms with van der Waals surface area (Å²) in [6.45, 7) is 0. The second-order valence-corrected chi connectivity index (χ2v) is 8.37. The average molecular weight is 380 g/mol. The van der Waals surface area contributed by atoms with E-state index in [1.807, 2.05) is 6.07 Å². The van der Waals surface area contributed by atoms with E-state index >= 15 is 0 Å². The van der Waals surface area contributed by atoms with Gasteiger partial charge in [0.2, 0.25) is 0 Å². The summed E-state index contributed by atoms with van der Waals surface area (Å²) in [6, 6.07) is 10.8. The van der Waals surface area contributed by atoms with Crippen LogP contribution < -0.4 is 18.9 Å². The third kappa shape index (κ3) is 1.91. The Hall–Kier alpha value is -2.36. The Balaban J connectivity index is 1.75. The first kappa shape index (κ1) is 17.7. The van der Waals surface area contributed by atoms with Crippen molar-refractivity contribution in [3.8, 4) is 23.0 Å². The molecule has 2 aromatic rings. The maximum Gasteiger partial charge on any atom is 0.164 e. The number of hydrogen-bond acceptors (Lipinski definition) is 4. The van der Waals surface area contributed by atoms with E-state index in [-0.39, 0.29) is 10.8 Å². The van der Waals surface area contributed by atoms with Crippen molar-refractivity contribution in [1.29, 1.82) is 0 Å². The van der Waals surface area contributed by atoms with E-state index in [1.54, 1.807) is 28.4 Å². The van der Waals surface area contributed by atoms with Gasteiger partial charge in [0.05, 0.1) is 28.4 Å². The van der Waals surface area contributed by atoms with E-state index in [1.165, 1.54) is 42.4 Å². The minimum Gasteiger partial charge on any atom is -0.493 e. The summed E-state index contributed by atoms with van der Waals surface area (Å²) < 4.78 is 22.7. The van der Waals surface area contributed by atoms with Gasteiger partial charge in [-0.1, -0.05) is 18.6 Å². The molecule has 3 aliphatic carbocycles. The Bertz CT molecular complexity index is 930. The quantitative estimate of drug-likeness (QED) is 0.743. The molecule has 2 fully saturated rings. The molecule has 2 aromatic carbocycles. The lowest BCUT2D eigenvalue weighted by molar-refractivity contribution is 0.0419. The lowest BCUT2D eigenvalue weighted by Gasteiger charge is -2.55. The summed E-state index contributed by atoms with van der Waals surface area (Å²) in [5.74, 6) is 3.98. The van der Waals surface area contributed by atoms with Crippen LogP contribution in [0.3, 0.4) is 0 Å². The van der Waals surface area contributed by atoms with E-state index in [9.17, 15) is 0 Å². The molecule has 5 rings (SSSR count). The number of fused-ring (bicyclic) bond motifs is 5. The molecule has 0 aromatic heterocycles. The van der Waals surface area contributed by atoms with Crippen LogP contribution in [-0.2, 0) is 10.8 Å². The van der Waals surface area contributed by atoms with Crippen LogP contribution in [0.15, 0.2) is 30.3 Å². The van der Waals surface area contributed by atoms with Gasteiger partial charge in [-0.15, -0.1) is 0 Å².